The number of hydrogen-bond acceptors (Lipinski definition) is 7. The Balaban J connectivity index is 1.27. The van der Waals surface area contributed by atoms with Crippen LogP contribution < -0.4 is 14.8 Å². The van der Waals surface area contributed by atoms with Gasteiger partial charge in [-0.1, -0.05) is 36.0 Å². The summed E-state index contributed by atoms with van der Waals surface area (Å²) >= 11 is 1.51. The van der Waals surface area contributed by atoms with E-state index in [4.69, 9.17) is 13.9 Å². The number of nitrogens with zero attached hydrogens (tertiary/aromatic N) is 2. The summed E-state index contributed by atoms with van der Waals surface area (Å²) in [6.45, 7) is 0.905. The lowest BCUT2D eigenvalue weighted by Crippen LogP contribution is -2.30. The molecule has 3 heterocycles. The van der Waals surface area contributed by atoms with Crippen LogP contribution in [0.5, 0.6) is 11.5 Å². The molecular formula is C28H26N4O3S. The quantitative estimate of drug-likeness (QED) is 0.276. The molecule has 0 bridgehead atoms. The van der Waals surface area contributed by atoms with Crippen molar-refractivity contribution in [3.8, 4) is 23.0 Å². The van der Waals surface area contributed by atoms with Gasteiger partial charge in [0.15, 0.2) is 0 Å². The molecule has 0 saturated carbocycles. The number of benzene rings is 3. The zero-order chi connectivity index (χ0) is 24.5. The highest BCUT2D eigenvalue weighted by Gasteiger charge is 2.26. The van der Waals surface area contributed by atoms with E-state index < -0.39 is 0 Å². The fraction of sp³-hybridized carbons (Fsp3) is 0.214. The molecule has 0 radical (unpaired) electrons. The normalized spacial score (nSPS) is 15.1. The molecule has 0 spiro atoms. The van der Waals surface area contributed by atoms with Gasteiger partial charge in [0.05, 0.1) is 20.3 Å². The van der Waals surface area contributed by atoms with Crippen molar-refractivity contribution in [1.29, 1.82) is 0 Å². The maximum Gasteiger partial charge on any atom is 0.277 e. The van der Waals surface area contributed by atoms with Crippen LogP contribution >= 0.6 is 11.8 Å². The van der Waals surface area contributed by atoms with Gasteiger partial charge in [0.1, 0.15) is 11.5 Å². The lowest BCUT2D eigenvalue weighted by molar-refractivity contribution is 0.410. The van der Waals surface area contributed by atoms with E-state index in [9.17, 15) is 0 Å². The van der Waals surface area contributed by atoms with Gasteiger partial charge in [-0.25, -0.2) is 0 Å². The lowest BCUT2D eigenvalue weighted by atomic mass is 9.93. The van der Waals surface area contributed by atoms with Crippen LogP contribution in [0, 0.1) is 0 Å². The van der Waals surface area contributed by atoms with Gasteiger partial charge in [0.25, 0.3) is 5.22 Å². The van der Waals surface area contributed by atoms with Crippen LogP contribution in [0.15, 0.2) is 76.4 Å². The predicted octanol–water partition coefficient (Wildman–Crippen LogP) is 5.76. The van der Waals surface area contributed by atoms with Crippen molar-refractivity contribution >= 4 is 22.7 Å². The number of rotatable bonds is 7. The molecule has 36 heavy (non-hydrogen) atoms. The van der Waals surface area contributed by atoms with Crippen LogP contribution in [0.3, 0.4) is 0 Å². The zero-order valence-electron chi connectivity index (χ0n) is 20.1. The van der Waals surface area contributed by atoms with Crippen molar-refractivity contribution in [3.05, 3.63) is 89.1 Å². The Hall–Kier alpha value is -3.75. The molecule has 0 aliphatic carbocycles. The third-order valence-corrected chi connectivity index (χ3v) is 7.44. The second-order valence-corrected chi connectivity index (χ2v) is 9.59. The number of ether oxygens (including phenoxy) is 2. The molecule has 1 aliphatic heterocycles. The van der Waals surface area contributed by atoms with Gasteiger partial charge in [-0.15, -0.1) is 10.2 Å². The van der Waals surface area contributed by atoms with Crippen molar-refractivity contribution < 1.29 is 13.9 Å². The van der Waals surface area contributed by atoms with Crippen molar-refractivity contribution in [2.75, 3.05) is 20.8 Å². The van der Waals surface area contributed by atoms with E-state index in [-0.39, 0.29) is 6.04 Å². The largest absolute Gasteiger partial charge is 0.497 e. The molecule has 6 rings (SSSR count). The van der Waals surface area contributed by atoms with Crippen LogP contribution in [0.1, 0.15) is 28.4 Å². The third-order valence-electron chi connectivity index (χ3n) is 6.57. The molecule has 1 aliphatic rings. The van der Waals surface area contributed by atoms with Gasteiger partial charge in [-0.05, 0) is 60.0 Å². The minimum Gasteiger partial charge on any atom is -0.497 e. The van der Waals surface area contributed by atoms with E-state index in [1.165, 1.54) is 34.0 Å². The first-order valence-electron chi connectivity index (χ1n) is 11.8. The molecule has 1 atom stereocenters. The maximum atomic E-state index is 5.88. The zero-order valence-corrected chi connectivity index (χ0v) is 20.9. The van der Waals surface area contributed by atoms with E-state index in [0.717, 1.165) is 41.1 Å². The topological polar surface area (TPSA) is 85.2 Å². The highest BCUT2D eigenvalue weighted by molar-refractivity contribution is 7.98. The molecular weight excluding hydrogens is 472 g/mol. The van der Waals surface area contributed by atoms with Gasteiger partial charge in [0.2, 0.25) is 5.89 Å². The summed E-state index contributed by atoms with van der Waals surface area (Å²) in [6, 6.07) is 22.4. The highest BCUT2D eigenvalue weighted by Crippen LogP contribution is 2.37. The van der Waals surface area contributed by atoms with Crippen molar-refractivity contribution in [1.82, 2.24) is 20.5 Å². The summed E-state index contributed by atoms with van der Waals surface area (Å²) in [4.78, 5) is 3.65. The van der Waals surface area contributed by atoms with Gasteiger partial charge in [-0.2, -0.15) is 0 Å². The Labute approximate surface area is 213 Å². The molecule has 0 amide bonds. The van der Waals surface area contributed by atoms with Crippen molar-refractivity contribution in [2.45, 2.75) is 23.4 Å². The molecule has 7 nitrogen and oxygen atoms in total. The molecule has 0 fully saturated rings. The first-order chi connectivity index (χ1) is 17.7. The summed E-state index contributed by atoms with van der Waals surface area (Å²) in [5.41, 5.74) is 6.85. The highest BCUT2D eigenvalue weighted by atomic mass is 32.2. The SMILES string of the molecule is COc1ccc2[nH]c3c(c2c1)CCN[C@@H]3c1ccc(OC)c(CSc2nnc(-c3ccccc3)o2)c1. The monoisotopic (exact) mass is 498 g/mol. The van der Waals surface area contributed by atoms with Gasteiger partial charge >= 0.3 is 0 Å². The van der Waals surface area contributed by atoms with Gasteiger partial charge in [0, 0.05) is 40.0 Å². The smallest absolute Gasteiger partial charge is 0.277 e. The lowest BCUT2D eigenvalue weighted by Gasteiger charge is -2.25. The van der Waals surface area contributed by atoms with Crippen LogP contribution in [0.4, 0.5) is 0 Å². The summed E-state index contributed by atoms with van der Waals surface area (Å²) in [5, 5.41) is 13.9. The molecule has 8 heteroatoms. The summed E-state index contributed by atoms with van der Waals surface area (Å²) in [6.07, 6.45) is 0.971. The Morgan fingerprint density at radius 1 is 1.00 bits per heavy atom. The number of hydrogen-bond donors (Lipinski definition) is 2. The molecule has 2 N–H and O–H groups in total. The second kappa shape index (κ2) is 9.72. The van der Waals surface area contributed by atoms with Gasteiger partial charge < -0.3 is 24.2 Å². The van der Waals surface area contributed by atoms with Gasteiger partial charge in [-0.3, -0.25) is 0 Å². The summed E-state index contributed by atoms with van der Waals surface area (Å²) in [5.74, 6) is 2.89. The van der Waals surface area contributed by atoms with E-state index in [0.29, 0.717) is 16.9 Å². The first kappa shape index (κ1) is 22.7. The number of aromatic nitrogens is 3. The van der Waals surface area contributed by atoms with Crippen molar-refractivity contribution in [3.63, 3.8) is 0 Å². The Kier molecular flexibility index (Phi) is 6.13. The maximum absolute atomic E-state index is 5.88. The number of nitrogens with one attached hydrogen (secondary N) is 2. The molecule has 0 unspecified atom stereocenters. The number of H-pyrrole nitrogens is 1. The van der Waals surface area contributed by atoms with Crippen LogP contribution in [-0.4, -0.2) is 35.9 Å². The molecule has 3 aromatic carbocycles. The van der Waals surface area contributed by atoms with E-state index in [2.05, 4.69) is 44.8 Å². The van der Waals surface area contributed by atoms with E-state index in [1.54, 1.807) is 14.2 Å². The van der Waals surface area contributed by atoms with Crippen LogP contribution in [0.25, 0.3) is 22.4 Å². The van der Waals surface area contributed by atoms with E-state index >= 15 is 0 Å². The summed E-state index contributed by atoms with van der Waals surface area (Å²) < 4.78 is 17.0. The number of methoxy groups -OCH3 is 2. The minimum atomic E-state index is 0.0647. The molecule has 2 aromatic heterocycles. The Morgan fingerprint density at radius 3 is 2.72 bits per heavy atom. The third kappa shape index (κ3) is 4.23. The number of fused-ring (bicyclic) bond motifs is 3. The van der Waals surface area contributed by atoms with Crippen LogP contribution in [0.2, 0.25) is 0 Å². The average Bonchev–Trinajstić information content (AvgIpc) is 3.56. The first-order valence-corrected chi connectivity index (χ1v) is 12.8. The average molecular weight is 499 g/mol. The Morgan fingerprint density at radius 2 is 1.89 bits per heavy atom. The minimum absolute atomic E-state index is 0.0647. The predicted molar refractivity (Wildman–Crippen MR) is 141 cm³/mol. The van der Waals surface area contributed by atoms with E-state index in [1.807, 2.05) is 42.5 Å². The number of thioether (sulfide) groups is 1. The standard InChI is InChI=1S/C28H26N4O3S/c1-33-20-9-10-23-22(15-20)21-12-13-29-25(26(21)30-23)18-8-11-24(34-2)19(14-18)16-36-28-32-31-27(35-28)17-6-4-3-5-7-17/h3-11,14-15,25,29-30H,12-13,16H2,1-2H3/t25-/m1/s1. The molecule has 5 aromatic rings. The molecule has 182 valence electrons. The second-order valence-electron chi connectivity index (χ2n) is 8.66. The van der Waals surface area contributed by atoms with Crippen LogP contribution in [-0.2, 0) is 12.2 Å². The number of aromatic amines is 1. The fourth-order valence-corrected chi connectivity index (χ4v) is 5.56. The Bertz CT molecular complexity index is 1510. The summed E-state index contributed by atoms with van der Waals surface area (Å²) in [7, 11) is 3.41. The van der Waals surface area contributed by atoms with Crippen molar-refractivity contribution in [2.24, 2.45) is 0 Å². The fourth-order valence-electron chi connectivity index (χ4n) is 4.81. The molecule has 0 saturated heterocycles.